The number of rotatable bonds is 8. The Bertz CT molecular complexity index is 911. The Morgan fingerprint density at radius 1 is 1.07 bits per heavy atom. The average molecular weight is 398 g/mol. The van der Waals surface area contributed by atoms with Crippen molar-refractivity contribution in [1.29, 1.82) is 0 Å². The van der Waals surface area contributed by atoms with Crippen molar-refractivity contribution in [1.82, 2.24) is 9.88 Å². The third-order valence-electron chi connectivity index (χ3n) is 4.19. The topological polar surface area (TPSA) is 60.9 Å². The number of thiazole rings is 1. The maximum absolute atomic E-state index is 12.7. The quantitative estimate of drug-likeness (QED) is 0.574. The molecule has 0 N–H and O–H groups in total. The number of carbonyl (C=O) groups excluding carboxylic acids is 1. The van der Waals surface area contributed by atoms with Crippen molar-refractivity contribution < 1.29 is 19.0 Å². The fourth-order valence-corrected chi connectivity index (χ4v) is 3.25. The van der Waals surface area contributed by atoms with E-state index in [1.54, 1.807) is 55.9 Å². The monoisotopic (exact) mass is 398 g/mol. The van der Waals surface area contributed by atoms with Crippen LogP contribution in [0.5, 0.6) is 17.2 Å². The summed E-state index contributed by atoms with van der Waals surface area (Å²) < 4.78 is 16.2. The fourth-order valence-electron chi connectivity index (χ4n) is 2.70. The van der Waals surface area contributed by atoms with Gasteiger partial charge < -0.3 is 19.1 Å². The Hall–Kier alpha value is -3.06. The lowest BCUT2D eigenvalue weighted by atomic mass is 10.1. The molecule has 1 amide bonds. The van der Waals surface area contributed by atoms with Gasteiger partial charge in [-0.2, -0.15) is 0 Å². The van der Waals surface area contributed by atoms with Gasteiger partial charge in [0, 0.05) is 24.5 Å². The van der Waals surface area contributed by atoms with Gasteiger partial charge in [-0.3, -0.25) is 4.79 Å². The maximum Gasteiger partial charge on any atom is 0.253 e. The summed E-state index contributed by atoms with van der Waals surface area (Å²) in [5.74, 6) is 1.93. The predicted molar refractivity (Wildman–Crippen MR) is 108 cm³/mol. The largest absolute Gasteiger partial charge is 0.493 e. The predicted octanol–water partition coefficient (Wildman–Crippen LogP) is 4.01. The van der Waals surface area contributed by atoms with Crippen molar-refractivity contribution in [3.05, 3.63) is 70.2 Å². The first-order chi connectivity index (χ1) is 13.6. The van der Waals surface area contributed by atoms with E-state index in [9.17, 15) is 4.79 Å². The highest BCUT2D eigenvalue weighted by Gasteiger charge is 2.14. The van der Waals surface area contributed by atoms with Crippen LogP contribution in [0.2, 0.25) is 0 Å². The number of methoxy groups -OCH3 is 2. The fraction of sp³-hybridized carbons (Fsp3) is 0.238. The minimum atomic E-state index is -0.0687. The lowest BCUT2D eigenvalue weighted by Gasteiger charge is -2.18. The minimum absolute atomic E-state index is 0.0687. The average Bonchev–Trinajstić information content (AvgIpc) is 3.25. The molecule has 0 spiro atoms. The van der Waals surface area contributed by atoms with Crippen LogP contribution in [0.1, 0.15) is 21.6 Å². The van der Waals surface area contributed by atoms with Crippen LogP contribution < -0.4 is 14.2 Å². The zero-order chi connectivity index (χ0) is 19.9. The highest BCUT2D eigenvalue weighted by molar-refractivity contribution is 7.07. The SMILES string of the molecule is COc1ccc(CN(C)C(=O)c2ccc(OCc3cscn3)cc2)cc1OC. The second-order valence-electron chi connectivity index (χ2n) is 6.14. The molecule has 1 aromatic heterocycles. The van der Waals surface area contributed by atoms with Crippen LogP contribution in [0.3, 0.4) is 0 Å². The van der Waals surface area contributed by atoms with Crippen LogP contribution in [0.25, 0.3) is 0 Å². The summed E-state index contributed by atoms with van der Waals surface area (Å²) in [5, 5.41) is 1.95. The number of carbonyl (C=O) groups is 1. The molecular weight excluding hydrogens is 376 g/mol. The number of ether oxygens (including phenoxy) is 3. The second kappa shape index (κ2) is 9.23. The molecule has 0 aliphatic rings. The molecule has 146 valence electrons. The van der Waals surface area contributed by atoms with E-state index in [0.717, 1.165) is 11.3 Å². The van der Waals surface area contributed by atoms with Crippen molar-refractivity contribution in [2.75, 3.05) is 21.3 Å². The number of nitrogens with zero attached hydrogens (tertiary/aromatic N) is 2. The van der Waals surface area contributed by atoms with Crippen molar-refractivity contribution in [3.63, 3.8) is 0 Å². The minimum Gasteiger partial charge on any atom is -0.493 e. The van der Waals surface area contributed by atoms with Gasteiger partial charge in [-0.15, -0.1) is 11.3 Å². The molecule has 0 atom stereocenters. The first-order valence-corrected chi connectivity index (χ1v) is 9.61. The second-order valence-corrected chi connectivity index (χ2v) is 6.86. The normalized spacial score (nSPS) is 10.4. The van der Waals surface area contributed by atoms with Crippen LogP contribution in [-0.2, 0) is 13.2 Å². The van der Waals surface area contributed by atoms with E-state index in [1.165, 1.54) is 11.3 Å². The van der Waals surface area contributed by atoms with Gasteiger partial charge in [0.25, 0.3) is 5.91 Å². The van der Waals surface area contributed by atoms with Crippen LogP contribution in [-0.4, -0.2) is 37.1 Å². The number of benzene rings is 2. The molecule has 0 unspecified atom stereocenters. The van der Waals surface area contributed by atoms with Crippen LogP contribution in [0.15, 0.2) is 53.4 Å². The lowest BCUT2D eigenvalue weighted by Crippen LogP contribution is -2.26. The van der Waals surface area contributed by atoms with Crippen molar-refractivity contribution in [2.24, 2.45) is 0 Å². The first-order valence-electron chi connectivity index (χ1n) is 8.67. The molecule has 6 nitrogen and oxygen atoms in total. The molecule has 0 fully saturated rings. The van der Waals surface area contributed by atoms with Crippen molar-refractivity contribution >= 4 is 17.2 Å². The Kier molecular flexibility index (Phi) is 6.49. The maximum atomic E-state index is 12.7. The van der Waals surface area contributed by atoms with E-state index in [-0.39, 0.29) is 5.91 Å². The lowest BCUT2D eigenvalue weighted by molar-refractivity contribution is 0.0785. The Balaban J connectivity index is 1.61. The number of hydrogen-bond donors (Lipinski definition) is 0. The Labute approximate surface area is 168 Å². The summed E-state index contributed by atoms with van der Waals surface area (Å²) >= 11 is 1.53. The van der Waals surface area contributed by atoms with E-state index >= 15 is 0 Å². The van der Waals surface area contributed by atoms with Gasteiger partial charge >= 0.3 is 0 Å². The molecule has 3 aromatic rings. The van der Waals surface area contributed by atoms with Gasteiger partial charge in [0.2, 0.25) is 0 Å². The molecule has 1 heterocycles. The van der Waals surface area contributed by atoms with Crippen LogP contribution >= 0.6 is 11.3 Å². The van der Waals surface area contributed by atoms with E-state index in [1.807, 2.05) is 23.6 Å². The third-order valence-corrected chi connectivity index (χ3v) is 4.82. The molecule has 0 aliphatic heterocycles. The smallest absolute Gasteiger partial charge is 0.253 e. The number of aromatic nitrogens is 1. The van der Waals surface area contributed by atoms with Crippen LogP contribution in [0, 0.1) is 0 Å². The molecule has 0 radical (unpaired) electrons. The van der Waals surface area contributed by atoms with Crippen molar-refractivity contribution in [3.8, 4) is 17.2 Å². The molecule has 2 aromatic carbocycles. The van der Waals surface area contributed by atoms with Gasteiger partial charge in [0.05, 0.1) is 25.4 Å². The molecule has 0 saturated carbocycles. The Morgan fingerprint density at radius 2 is 1.82 bits per heavy atom. The van der Waals surface area contributed by atoms with Crippen LogP contribution in [0.4, 0.5) is 0 Å². The summed E-state index contributed by atoms with van der Waals surface area (Å²) in [4.78, 5) is 18.5. The van der Waals surface area contributed by atoms with Gasteiger partial charge in [0.15, 0.2) is 11.5 Å². The van der Waals surface area contributed by atoms with E-state index in [2.05, 4.69) is 4.98 Å². The van der Waals surface area contributed by atoms with Gasteiger partial charge in [0.1, 0.15) is 12.4 Å². The van der Waals surface area contributed by atoms with E-state index in [0.29, 0.717) is 36.0 Å². The molecule has 0 aliphatic carbocycles. The molecule has 7 heteroatoms. The molecule has 28 heavy (non-hydrogen) atoms. The molecular formula is C21H22N2O4S. The van der Waals surface area contributed by atoms with Crippen molar-refractivity contribution in [2.45, 2.75) is 13.2 Å². The summed E-state index contributed by atoms with van der Waals surface area (Å²) in [6.45, 7) is 0.872. The summed E-state index contributed by atoms with van der Waals surface area (Å²) in [5.41, 5.74) is 4.22. The third kappa shape index (κ3) is 4.80. The van der Waals surface area contributed by atoms with E-state index in [4.69, 9.17) is 14.2 Å². The zero-order valence-corrected chi connectivity index (χ0v) is 16.9. The molecule has 0 bridgehead atoms. The summed E-state index contributed by atoms with van der Waals surface area (Å²) in [6.07, 6.45) is 0. The summed E-state index contributed by atoms with van der Waals surface area (Å²) in [6, 6.07) is 12.8. The number of hydrogen-bond acceptors (Lipinski definition) is 6. The van der Waals surface area contributed by atoms with Gasteiger partial charge in [-0.05, 0) is 42.0 Å². The first kappa shape index (κ1) is 19.7. The highest BCUT2D eigenvalue weighted by Crippen LogP contribution is 2.28. The standard InChI is InChI=1S/C21H22N2O4S/c1-23(11-15-4-9-19(25-2)20(10-15)26-3)21(24)16-5-7-18(8-6-16)27-12-17-13-28-14-22-17/h4-10,13-14H,11-12H2,1-3H3. The molecule has 3 rings (SSSR count). The van der Waals surface area contributed by atoms with Gasteiger partial charge in [-0.1, -0.05) is 6.07 Å². The number of amides is 1. The Morgan fingerprint density at radius 3 is 2.46 bits per heavy atom. The van der Waals surface area contributed by atoms with E-state index < -0.39 is 0 Å². The van der Waals surface area contributed by atoms with Gasteiger partial charge in [-0.25, -0.2) is 4.98 Å². The zero-order valence-electron chi connectivity index (χ0n) is 16.0. The summed E-state index contributed by atoms with van der Waals surface area (Å²) in [7, 11) is 4.96. The molecule has 0 saturated heterocycles. The highest BCUT2D eigenvalue weighted by atomic mass is 32.1.